The van der Waals surface area contributed by atoms with E-state index in [1.54, 1.807) is 12.4 Å². The van der Waals surface area contributed by atoms with Crippen molar-refractivity contribution >= 4 is 22.6 Å². The third kappa shape index (κ3) is 4.63. The average Bonchev–Trinajstić information content (AvgIpc) is 2.78. The number of benzene rings is 1. The Bertz CT molecular complexity index is 980. The molecule has 2 saturated heterocycles. The van der Waals surface area contributed by atoms with Crippen LogP contribution in [0.15, 0.2) is 24.5 Å². The Morgan fingerprint density at radius 2 is 1.87 bits per heavy atom. The number of rotatable bonds is 4. The van der Waals surface area contributed by atoms with E-state index in [0.29, 0.717) is 17.0 Å². The number of hydrogen-bond acceptors (Lipinski definition) is 7. The van der Waals surface area contributed by atoms with Crippen LogP contribution < -0.4 is 10.2 Å². The van der Waals surface area contributed by atoms with Gasteiger partial charge in [-0.25, -0.2) is 0 Å². The molecule has 2 aliphatic rings. The van der Waals surface area contributed by atoms with E-state index in [4.69, 9.17) is 0 Å². The molecule has 0 aliphatic carbocycles. The van der Waals surface area contributed by atoms with Crippen molar-refractivity contribution in [2.45, 2.75) is 32.4 Å². The van der Waals surface area contributed by atoms with Gasteiger partial charge in [-0.2, -0.15) is 5.26 Å². The van der Waals surface area contributed by atoms with Gasteiger partial charge in [-0.3, -0.25) is 19.7 Å². The van der Waals surface area contributed by atoms with Crippen LogP contribution in [0.5, 0.6) is 0 Å². The first kappa shape index (κ1) is 21.5. The standard InChI is InChI=1S/C23H31N7O/c1-16-12-19(27-23(31)17(2)29-10-8-28(3)9-11-29)15-30(14-16)20-5-4-18(13-24)21-22(20)26-7-6-25-21/h4-7,16-17,19H,8-12,14-15H2,1-3H3,(H,27,31)/t16-,17+,19+/m0/s1. The van der Waals surface area contributed by atoms with Crippen molar-refractivity contribution in [2.24, 2.45) is 5.92 Å². The van der Waals surface area contributed by atoms with E-state index in [0.717, 1.165) is 56.9 Å². The van der Waals surface area contributed by atoms with Crippen molar-refractivity contribution in [3.63, 3.8) is 0 Å². The number of piperidine rings is 1. The molecule has 1 aromatic carbocycles. The van der Waals surface area contributed by atoms with Gasteiger partial charge < -0.3 is 15.1 Å². The number of nitriles is 1. The summed E-state index contributed by atoms with van der Waals surface area (Å²) in [5.74, 6) is 0.536. The first-order valence-corrected chi connectivity index (χ1v) is 11.1. The summed E-state index contributed by atoms with van der Waals surface area (Å²) in [6, 6.07) is 5.93. The molecule has 0 bridgehead atoms. The van der Waals surface area contributed by atoms with Gasteiger partial charge in [0.1, 0.15) is 17.1 Å². The van der Waals surface area contributed by atoms with Gasteiger partial charge in [-0.15, -0.1) is 0 Å². The van der Waals surface area contributed by atoms with Crippen LogP contribution in [0.2, 0.25) is 0 Å². The van der Waals surface area contributed by atoms with Crippen molar-refractivity contribution in [3.05, 3.63) is 30.1 Å². The summed E-state index contributed by atoms with van der Waals surface area (Å²) in [6.07, 6.45) is 4.24. The highest BCUT2D eigenvalue weighted by atomic mass is 16.2. The van der Waals surface area contributed by atoms with Crippen molar-refractivity contribution in [3.8, 4) is 6.07 Å². The summed E-state index contributed by atoms with van der Waals surface area (Å²) in [7, 11) is 2.12. The normalized spacial score (nSPS) is 24.0. The van der Waals surface area contributed by atoms with Crippen LogP contribution >= 0.6 is 0 Å². The Morgan fingerprint density at radius 1 is 1.16 bits per heavy atom. The van der Waals surface area contributed by atoms with Crippen LogP contribution in [0.1, 0.15) is 25.8 Å². The van der Waals surface area contributed by atoms with Gasteiger partial charge in [0.15, 0.2) is 0 Å². The molecule has 31 heavy (non-hydrogen) atoms. The van der Waals surface area contributed by atoms with Crippen molar-refractivity contribution in [1.82, 2.24) is 25.1 Å². The van der Waals surface area contributed by atoms with E-state index in [1.165, 1.54) is 0 Å². The van der Waals surface area contributed by atoms with E-state index >= 15 is 0 Å². The minimum atomic E-state index is -0.124. The Hall–Kier alpha value is -2.76. The fraction of sp³-hybridized carbons (Fsp3) is 0.565. The number of hydrogen-bond donors (Lipinski definition) is 1. The molecule has 3 atom stereocenters. The zero-order chi connectivity index (χ0) is 22.0. The van der Waals surface area contributed by atoms with Crippen LogP contribution in [-0.2, 0) is 4.79 Å². The van der Waals surface area contributed by atoms with Crippen LogP contribution in [-0.4, -0.2) is 84.1 Å². The summed E-state index contributed by atoms with van der Waals surface area (Å²) >= 11 is 0. The number of nitrogens with zero attached hydrogens (tertiary/aromatic N) is 6. The average molecular weight is 422 g/mol. The number of amides is 1. The van der Waals surface area contributed by atoms with E-state index in [9.17, 15) is 10.1 Å². The summed E-state index contributed by atoms with van der Waals surface area (Å²) in [6.45, 7) is 9.68. The Morgan fingerprint density at radius 3 is 2.58 bits per heavy atom. The number of aromatic nitrogens is 2. The van der Waals surface area contributed by atoms with E-state index < -0.39 is 0 Å². The minimum Gasteiger partial charge on any atom is -0.367 e. The topological polar surface area (TPSA) is 88.4 Å². The maximum absolute atomic E-state index is 13.0. The van der Waals surface area contributed by atoms with Gasteiger partial charge in [0.2, 0.25) is 5.91 Å². The molecular weight excluding hydrogens is 390 g/mol. The first-order chi connectivity index (χ1) is 15.0. The smallest absolute Gasteiger partial charge is 0.237 e. The highest BCUT2D eigenvalue weighted by Crippen LogP contribution is 2.30. The van der Waals surface area contributed by atoms with E-state index in [1.807, 2.05) is 19.1 Å². The molecule has 164 valence electrons. The number of anilines is 1. The van der Waals surface area contributed by atoms with Crippen LogP contribution in [0.25, 0.3) is 11.0 Å². The Balaban J connectivity index is 1.48. The van der Waals surface area contributed by atoms with Gasteiger partial charge >= 0.3 is 0 Å². The molecule has 0 radical (unpaired) electrons. The lowest BCUT2D eigenvalue weighted by Gasteiger charge is -2.40. The summed E-state index contributed by atoms with van der Waals surface area (Å²) in [5.41, 5.74) is 2.87. The summed E-state index contributed by atoms with van der Waals surface area (Å²) < 4.78 is 0. The number of piperazine rings is 1. The number of carbonyl (C=O) groups is 1. The lowest BCUT2D eigenvalue weighted by molar-refractivity contribution is -0.127. The molecule has 1 N–H and O–H groups in total. The third-order valence-electron chi connectivity index (χ3n) is 6.54. The predicted octanol–water partition coefficient (Wildman–Crippen LogP) is 1.47. The lowest BCUT2D eigenvalue weighted by Crippen LogP contribution is -2.57. The van der Waals surface area contributed by atoms with Gasteiger partial charge in [0.05, 0.1) is 17.3 Å². The van der Waals surface area contributed by atoms with Gasteiger partial charge in [0, 0.05) is 57.7 Å². The second kappa shape index (κ2) is 9.16. The van der Waals surface area contributed by atoms with Gasteiger partial charge in [-0.1, -0.05) is 6.92 Å². The highest BCUT2D eigenvalue weighted by Gasteiger charge is 2.30. The molecule has 0 saturated carbocycles. The Kier molecular flexibility index (Phi) is 6.35. The van der Waals surface area contributed by atoms with Gasteiger partial charge in [-0.05, 0) is 38.4 Å². The monoisotopic (exact) mass is 421 g/mol. The second-order valence-corrected chi connectivity index (χ2v) is 8.96. The van der Waals surface area contributed by atoms with Crippen molar-refractivity contribution in [2.75, 3.05) is 51.2 Å². The molecule has 4 rings (SSSR count). The number of carbonyl (C=O) groups excluding carboxylic acids is 1. The zero-order valence-electron chi connectivity index (χ0n) is 18.6. The maximum atomic E-state index is 13.0. The molecular formula is C23H31N7O. The highest BCUT2D eigenvalue weighted by molar-refractivity contribution is 5.92. The van der Waals surface area contributed by atoms with Crippen molar-refractivity contribution < 1.29 is 4.79 Å². The van der Waals surface area contributed by atoms with Gasteiger partial charge in [0.25, 0.3) is 0 Å². The van der Waals surface area contributed by atoms with E-state index in [2.05, 4.69) is 50.0 Å². The SMILES string of the molecule is C[C@H]1C[C@@H](NC(=O)[C@@H](C)N2CCN(C)CC2)CN(c2ccc(C#N)c3nccnc23)C1. The number of likely N-dealkylation sites (N-methyl/N-ethyl adjacent to an activating group) is 1. The van der Waals surface area contributed by atoms with Crippen LogP contribution in [0, 0.1) is 17.2 Å². The minimum absolute atomic E-state index is 0.0773. The van der Waals surface area contributed by atoms with E-state index in [-0.39, 0.29) is 18.0 Å². The summed E-state index contributed by atoms with van der Waals surface area (Å²) in [4.78, 5) is 28.7. The summed E-state index contributed by atoms with van der Waals surface area (Å²) in [5, 5.41) is 12.7. The molecule has 1 aromatic heterocycles. The third-order valence-corrected chi connectivity index (χ3v) is 6.54. The largest absolute Gasteiger partial charge is 0.367 e. The molecule has 0 unspecified atom stereocenters. The first-order valence-electron chi connectivity index (χ1n) is 11.1. The number of fused-ring (bicyclic) bond motifs is 1. The molecule has 3 heterocycles. The van der Waals surface area contributed by atoms with Crippen molar-refractivity contribution in [1.29, 1.82) is 5.26 Å². The second-order valence-electron chi connectivity index (χ2n) is 8.96. The zero-order valence-corrected chi connectivity index (χ0v) is 18.6. The fourth-order valence-corrected chi connectivity index (χ4v) is 4.74. The van der Waals surface area contributed by atoms with Crippen LogP contribution in [0.3, 0.4) is 0 Å². The molecule has 8 nitrogen and oxygen atoms in total. The van der Waals surface area contributed by atoms with Crippen LogP contribution in [0.4, 0.5) is 5.69 Å². The molecule has 1 amide bonds. The lowest BCUT2D eigenvalue weighted by atomic mass is 9.94. The fourth-order valence-electron chi connectivity index (χ4n) is 4.74. The molecule has 8 heteroatoms. The molecule has 2 aliphatic heterocycles. The maximum Gasteiger partial charge on any atom is 0.237 e. The molecule has 2 fully saturated rings. The Labute approximate surface area is 183 Å². The molecule has 2 aromatic rings. The molecule has 0 spiro atoms. The number of nitrogens with one attached hydrogen (secondary N) is 1. The predicted molar refractivity (Wildman–Crippen MR) is 121 cm³/mol. The quantitative estimate of drug-likeness (QED) is 0.800.